The molecule has 5 heteroatoms. The van der Waals surface area contributed by atoms with Crippen molar-refractivity contribution in [2.45, 2.75) is 33.7 Å². The molecule has 0 saturated heterocycles. The number of aromatic nitrogens is 3. The van der Waals surface area contributed by atoms with Gasteiger partial charge in [0.05, 0.1) is 16.4 Å². The van der Waals surface area contributed by atoms with Crippen LogP contribution in [0.1, 0.15) is 26.8 Å². The van der Waals surface area contributed by atoms with E-state index in [0.29, 0.717) is 0 Å². The quantitative estimate of drug-likeness (QED) is 0.736. The molecule has 3 aromatic rings. The van der Waals surface area contributed by atoms with E-state index in [1.807, 2.05) is 0 Å². The van der Waals surface area contributed by atoms with Gasteiger partial charge >= 0.3 is 0 Å². The molecule has 0 atom stereocenters. The van der Waals surface area contributed by atoms with Crippen molar-refractivity contribution in [3.8, 4) is 0 Å². The van der Waals surface area contributed by atoms with Crippen molar-refractivity contribution >= 4 is 17.0 Å². The predicted molar refractivity (Wildman–Crippen MR) is 86.9 cm³/mol. The first-order chi connectivity index (χ1) is 10.1. The molecule has 1 N–H and O–H groups in total. The Labute approximate surface area is 128 Å². The van der Waals surface area contributed by atoms with Crippen LogP contribution in [0.4, 0.5) is 0 Å². The fourth-order valence-electron chi connectivity index (χ4n) is 2.46. The van der Waals surface area contributed by atoms with Crippen molar-refractivity contribution in [2.75, 3.05) is 6.54 Å². The molecule has 0 radical (unpaired) electrons. The number of imidazole rings is 1. The Bertz CT molecular complexity index is 757. The van der Waals surface area contributed by atoms with Crippen molar-refractivity contribution in [3.05, 3.63) is 51.4 Å². The van der Waals surface area contributed by atoms with Gasteiger partial charge in [-0.05, 0) is 38.8 Å². The minimum atomic E-state index is 0.803. The van der Waals surface area contributed by atoms with Crippen molar-refractivity contribution in [3.63, 3.8) is 0 Å². The average molecular weight is 300 g/mol. The molecule has 0 aliphatic carbocycles. The molecular weight excluding hydrogens is 280 g/mol. The smallest absolute Gasteiger partial charge is 0.137 e. The van der Waals surface area contributed by atoms with Gasteiger partial charge in [0.25, 0.3) is 0 Å². The zero-order valence-electron chi connectivity index (χ0n) is 12.7. The van der Waals surface area contributed by atoms with Crippen LogP contribution in [0.25, 0.3) is 5.65 Å². The minimum Gasteiger partial charge on any atom is -0.311 e. The molecule has 0 spiro atoms. The van der Waals surface area contributed by atoms with Crippen LogP contribution in [0.3, 0.4) is 0 Å². The SMILES string of the molecule is Cc1ccc2nc(CNCCc3sc(C)nc3C)cn2c1. The maximum atomic E-state index is 4.61. The maximum absolute atomic E-state index is 4.61. The number of fused-ring (bicyclic) bond motifs is 1. The number of rotatable bonds is 5. The number of thiazole rings is 1. The summed E-state index contributed by atoms with van der Waals surface area (Å²) in [5, 5.41) is 4.62. The third-order valence-corrected chi connectivity index (χ3v) is 4.62. The lowest BCUT2D eigenvalue weighted by atomic mass is 10.3. The van der Waals surface area contributed by atoms with Crippen molar-refractivity contribution < 1.29 is 0 Å². The molecule has 0 aliphatic heterocycles. The minimum absolute atomic E-state index is 0.803. The van der Waals surface area contributed by atoms with Gasteiger partial charge in [0, 0.05) is 30.4 Å². The molecule has 110 valence electrons. The molecule has 0 amide bonds. The number of hydrogen-bond donors (Lipinski definition) is 1. The molecule has 0 saturated carbocycles. The fraction of sp³-hybridized carbons (Fsp3) is 0.375. The van der Waals surface area contributed by atoms with Crippen LogP contribution >= 0.6 is 11.3 Å². The molecule has 21 heavy (non-hydrogen) atoms. The number of aryl methyl sites for hydroxylation is 3. The standard InChI is InChI=1S/C16H20N4S/c1-11-4-5-16-19-14(10-20(16)9-11)8-17-7-6-15-12(2)18-13(3)21-15/h4-5,9-10,17H,6-8H2,1-3H3. The largest absolute Gasteiger partial charge is 0.311 e. The van der Waals surface area contributed by atoms with Crippen LogP contribution in [0.15, 0.2) is 24.5 Å². The van der Waals surface area contributed by atoms with Crippen LogP contribution in [0.5, 0.6) is 0 Å². The van der Waals surface area contributed by atoms with Crippen LogP contribution in [-0.2, 0) is 13.0 Å². The Balaban J connectivity index is 1.55. The Morgan fingerprint density at radius 1 is 1.14 bits per heavy atom. The van der Waals surface area contributed by atoms with Crippen LogP contribution in [0.2, 0.25) is 0 Å². The predicted octanol–water partition coefficient (Wildman–Crippen LogP) is 3.05. The molecule has 0 aromatic carbocycles. The van der Waals surface area contributed by atoms with E-state index >= 15 is 0 Å². The molecular formula is C16H20N4S. The highest BCUT2D eigenvalue weighted by atomic mass is 32.1. The summed E-state index contributed by atoms with van der Waals surface area (Å²) >= 11 is 1.80. The Kier molecular flexibility index (Phi) is 4.03. The highest BCUT2D eigenvalue weighted by Gasteiger charge is 2.05. The van der Waals surface area contributed by atoms with Gasteiger partial charge in [-0.3, -0.25) is 0 Å². The van der Waals surface area contributed by atoms with Gasteiger partial charge in [0.15, 0.2) is 0 Å². The van der Waals surface area contributed by atoms with Crippen LogP contribution in [0, 0.1) is 20.8 Å². The second kappa shape index (κ2) is 5.95. The third kappa shape index (κ3) is 3.31. The first-order valence-electron chi connectivity index (χ1n) is 7.19. The van der Waals surface area contributed by atoms with E-state index < -0.39 is 0 Å². The summed E-state index contributed by atoms with van der Waals surface area (Å²) < 4.78 is 2.09. The topological polar surface area (TPSA) is 42.2 Å². The summed E-state index contributed by atoms with van der Waals surface area (Å²) in [6.07, 6.45) is 5.23. The van der Waals surface area contributed by atoms with Crippen LogP contribution < -0.4 is 5.32 Å². The second-order valence-corrected chi connectivity index (χ2v) is 6.66. The summed E-state index contributed by atoms with van der Waals surface area (Å²) in [5.74, 6) is 0. The van der Waals surface area contributed by atoms with Crippen LogP contribution in [-0.4, -0.2) is 20.9 Å². The van der Waals surface area contributed by atoms with E-state index in [9.17, 15) is 0 Å². The second-order valence-electron chi connectivity index (χ2n) is 5.37. The molecule has 4 nitrogen and oxygen atoms in total. The third-order valence-electron chi connectivity index (χ3n) is 3.48. The maximum Gasteiger partial charge on any atom is 0.137 e. The normalized spacial score (nSPS) is 11.4. The highest BCUT2D eigenvalue weighted by Crippen LogP contribution is 2.17. The lowest BCUT2D eigenvalue weighted by Crippen LogP contribution is -2.16. The summed E-state index contributed by atoms with van der Waals surface area (Å²) in [7, 11) is 0. The highest BCUT2D eigenvalue weighted by molar-refractivity contribution is 7.11. The molecule has 0 aliphatic rings. The van der Waals surface area contributed by atoms with E-state index in [-0.39, 0.29) is 0 Å². The van der Waals surface area contributed by atoms with Crippen molar-refractivity contribution in [2.24, 2.45) is 0 Å². The van der Waals surface area contributed by atoms with E-state index in [1.54, 1.807) is 11.3 Å². The van der Waals surface area contributed by atoms with Gasteiger partial charge in [-0.2, -0.15) is 0 Å². The van der Waals surface area contributed by atoms with E-state index in [2.05, 4.69) is 65.0 Å². The van der Waals surface area contributed by atoms with E-state index in [1.165, 1.54) is 16.1 Å². The zero-order valence-corrected chi connectivity index (χ0v) is 13.5. The fourth-order valence-corrected chi connectivity index (χ4v) is 3.40. The number of nitrogens with zero attached hydrogens (tertiary/aromatic N) is 3. The van der Waals surface area contributed by atoms with Gasteiger partial charge in [0.2, 0.25) is 0 Å². The molecule has 3 heterocycles. The lowest BCUT2D eigenvalue weighted by molar-refractivity contribution is 0.679. The molecule has 0 unspecified atom stereocenters. The van der Waals surface area contributed by atoms with Gasteiger partial charge in [0.1, 0.15) is 5.65 Å². The first-order valence-corrected chi connectivity index (χ1v) is 8.01. The van der Waals surface area contributed by atoms with E-state index in [0.717, 1.165) is 35.9 Å². The summed E-state index contributed by atoms with van der Waals surface area (Å²) in [6.45, 7) is 8.00. The summed E-state index contributed by atoms with van der Waals surface area (Å²) in [4.78, 5) is 10.5. The molecule has 3 aromatic heterocycles. The number of hydrogen-bond acceptors (Lipinski definition) is 4. The van der Waals surface area contributed by atoms with Crippen molar-refractivity contribution in [1.29, 1.82) is 0 Å². The Morgan fingerprint density at radius 2 is 2.00 bits per heavy atom. The van der Waals surface area contributed by atoms with Gasteiger partial charge in [-0.25, -0.2) is 9.97 Å². The Hall–Kier alpha value is -1.72. The van der Waals surface area contributed by atoms with Gasteiger partial charge in [-0.15, -0.1) is 11.3 Å². The summed E-state index contributed by atoms with van der Waals surface area (Å²) in [6, 6.07) is 4.15. The average Bonchev–Trinajstić information content (AvgIpc) is 2.97. The first kappa shape index (κ1) is 14.2. The zero-order chi connectivity index (χ0) is 14.8. The van der Waals surface area contributed by atoms with Crippen molar-refractivity contribution in [1.82, 2.24) is 19.7 Å². The molecule has 0 bridgehead atoms. The molecule has 3 rings (SSSR count). The van der Waals surface area contributed by atoms with Gasteiger partial charge < -0.3 is 9.72 Å². The monoisotopic (exact) mass is 300 g/mol. The summed E-state index contributed by atoms with van der Waals surface area (Å²) in [5.41, 5.74) is 4.50. The number of nitrogens with one attached hydrogen (secondary N) is 1. The molecule has 0 fully saturated rings. The van der Waals surface area contributed by atoms with Gasteiger partial charge in [-0.1, -0.05) is 6.07 Å². The van der Waals surface area contributed by atoms with E-state index in [4.69, 9.17) is 0 Å². The lowest BCUT2D eigenvalue weighted by Gasteiger charge is -2.01. The Morgan fingerprint density at radius 3 is 2.76 bits per heavy atom. The number of pyridine rings is 1.